The molecule has 1 aliphatic carbocycles. The SMILES string of the molecule is CCCCC(=O)N(Cc1ccc2cc(-c3ccccc3-c3nnn[nH]3)ccc2c1)C1(OC(=O)O)CCCC1. The average molecular weight is 514 g/mol. The van der Waals surface area contributed by atoms with E-state index >= 15 is 0 Å². The molecule has 1 aliphatic rings. The fraction of sp³-hybridized carbons (Fsp3) is 0.345. The van der Waals surface area contributed by atoms with Gasteiger partial charge in [0, 0.05) is 31.4 Å². The van der Waals surface area contributed by atoms with Gasteiger partial charge in [-0.25, -0.2) is 9.89 Å². The molecule has 9 heteroatoms. The Bertz CT molecular complexity index is 1430. The smallest absolute Gasteiger partial charge is 0.450 e. The summed E-state index contributed by atoms with van der Waals surface area (Å²) in [6, 6.07) is 20.3. The van der Waals surface area contributed by atoms with E-state index in [1.54, 1.807) is 4.90 Å². The number of hydrogen-bond acceptors (Lipinski definition) is 6. The molecule has 2 N–H and O–H groups in total. The first-order chi connectivity index (χ1) is 18.5. The molecule has 196 valence electrons. The van der Waals surface area contributed by atoms with Gasteiger partial charge in [-0.15, -0.1) is 5.10 Å². The number of amides is 1. The molecule has 1 aromatic heterocycles. The van der Waals surface area contributed by atoms with Crippen molar-refractivity contribution in [3.05, 3.63) is 66.2 Å². The lowest BCUT2D eigenvalue weighted by Crippen LogP contribution is -2.52. The zero-order chi connectivity index (χ0) is 26.5. The zero-order valence-electron chi connectivity index (χ0n) is 21.4. The number of carbonyl (C=O) groups is 2. The van der Waals surface area contributed by atoms with Crippen molar-refractivity contribution in [1.29, 1.82) is 0 Å². The number of aromatic amines is 1. The van der Waals surface area contributed by atoms with Gasteiger partial charge in [0.2, 0.25) is 5.91 Å². The second kappa shape index (κ2) is 11.0. The Morgan fingerprint density at radius 1 is 1.03 bits per heavy atom. The molecule has 0 aliphatic heterocycles. The highest BCUT2D eigenvalue weighted by Crippen LogP contribution is 2.39. The number of rotatable bonds is 9. The lowest BCUT2D eigenvalue weighted by molar-refractivity contribution is -0.165. The summed E-state index contributed by atoms with van der Waals surface area (Å²) in [5.41, 5.74) is 2.79. The van der Waals surface area contributed by atoms with Crippen molar-refractivity contribution < 1.29 is 19.4 Å². The standard InChI is InChI=1S/C29H31N5O4/c1-2-3-10-26(35)34(29(38-28(36)37)15-6-7-16-29)19-20-11-12-22-18-23(14-13-21(22)17-20)24-8-4-5-9-25(24)27-30-32-33-31-27/h4-5,8-9,11-14,17-18H,2-3,6-7,10,15-16,19H2,1H3,(H,36,37)(H,30,31,32,33). The zero-order valence-corrected chi connectivity index (χ0v) is 21.4. The average Bonchev–Trinajstić information content (AvgIpc) is 3.63. The van der Waals surface area contributed by atoms with E-state index in [-0.39, 0.29) is 5.91 Å². The van der Waals surface area contributed by atoms with Crippen molar-refractivity contribution >= 4 is 22.8 Å². The van der Waals surface area contributed by atoms with E-state index in [0.29, 0.717) is 31.6 Å². The van der Waals surface area contributed by atoms with Crippen molar-refractivity contribution in [2.75, 3.05) is 0 Å². The maximum absolute atomic E-state index is 13.3. The maximum Gasteiger partial charge on any atom is 0.507 e. The number of benzene rings is 3. The summed E-state index contributed by atoms with van der Waals surface area (Å²) in [5, 5.41) is 25.9. The molecule has 4 aromatic rings. The van der Waals surface area contributed by atoms with E-state index in [4.69, 9.17) is 4.74 Å². The largest absolute Gasteiger partial charge is 0.507 e. The number of ether oxygens (including phenoxy) is 1. The summed E-state index contributed by atoms with van der Waals surface area (Å²) in [7, 11) is 0. The van der Waals surface area contributed by atoms with Crippen LogP contribution >= 0.6 is 0 Å². The second-order valence-electron chi connectivity index (χ2n) is 9.80. The van der Waals surface area contributed by atoms with Crippen LogP contribution in [0.4, 0.5) is 4.79 Å². The van der Waals surface area contributed by atoms with Crippen molar-refractivity contribution in [2.24, 2.45) is 0 Å². The molecule has 0 bridgehead atoms. The number of nitrogens with one attached hydrogen (secondary N) is 1. The number of tetrazole rings is 1. The number of carbonyl (C=O) groups excluding carboxylic acids is 1. The van der Waals surface area contributed by atoms with Gasteiger partial charge in [0.25, 0.3) is 0 Å². The molecule has 9 nitrogen and oxygen atoms in total. The Morgan fingerprint density at radius 2 is 1.76 bits per heavy atom. The third-order valence-electron chi connectivity index (χ3n) is 7.28. The van der Waals surface area contributed by atoms with E-state index < -0.39 is 11.9 Å². The number of carboxylic acid groups (broad SMARTS) is 1. The topological polar surface area (TPSA) is 121 Å². The maximum atomic E-state index is 13.3. The summed E-state index contributed by atoms with van der Waals surface area (Å²) < 4.78 is 5.43. The predicted octanol–water partition coefficient (Wildman–Crippen LogP) is 6.17. The molecule has 1 fully saturated rings. The Kier molecular flexibility index (Phi) is 7.35. The summed E-state index contributed by atoms with van der Waals surface area (Å²) in [4.78, 5) is 26.6. The van der Waals surface area contributed by atoms with Crippen LogP contribution in [0.2, 0.25) is 0 Å². The third-order valence-corrected chi connectivity index (χ3v) is 7.28. The number of fused-ring (bicyclic) bond motifs is 1. The van der Waals surface area contributed by atoms with Crippen molar-refractivity contribution in [2.45, 2.75) is 64.1 Å². The van der Waals surface area contributed by atoms with Crippen LogP contribution in [-0.2, 0) is 16.1 Å². The highest BCUT2D eigenvalue weighted by Gasteiger charge is 2.45. The quantitative estimate of drug-likeness (QED) is 0.203. The molecule has 0 unspecified atom stereocenters. The van der Waals surface area contributed by atoms with Crippen LogP contribution in [-0.4, -0.2) is 48.4 Å². The van der Waals surface area contributed by atoms with Gasteiger partial charge in [-0.1, -0.05) is 61.9 Å². The van der Waals surface area contributed by atoms with E-state index in [2.05, 4.69) is 44.9 Å². The molecule has 1 amide bonds. The van der Waals surface area contributed by atoms with Crippen molar-refractivity contribution in [3.8, 4) is 22.5 Å². The number of nitrogens with zero attached hydrogens (tertiary/aromatic N) is 4. The van der Waals surface area contributed by atoms with Gasteiger partial charge < -0.3 is 9.84 Å². The van der Waals surface area contributed by atoms with Crippen LogP contribution in [0.3, 0.4) is 0 Å². The van der Waals surface area contributed by atoms with E-state index in [1.807, 2.05) is 43.3 Å². The van der Waals surface area contributed by atoms with Crippen LogP contribution in [0, 0.1) is 0 Å². The molecule has 38 heavy (non-hydrogen) atoms. The van der Waals surface area contributed by atoms with Gasteiger partial charge in [0.15, 0.2) is 11.5 Å². The Balaban J connectivity index is 1.46. The molecular formula is C29H31N5O4. The lowest BCUT2D eigenvalue weighted by Gasteiger charge is -2.40. The van der Waals surface area contributed by atoms with Gasteiger partial charge in [-0.2, -0.15) is 0 Å². The molecule has 0 atom stereocenters. The molecule has 0 radical (unpaired) electrons. The first-order valence-corrected chi connectivity index (χ1v) is 13.1. The highest BCUT2D eigenvalue weighted by molar-refractivity contribution is 5.90. The number of H-pyrrole nitrogens is 1. The first-order valence-electron chi connectivity index (χ1n) is 13.1. The van der Waals surface area contributed by atoms with Gasteiger partial charge in [0.05, 0.1) is 0 Å². The molecule has 5 rings (SSSR count). The van der Waals surface area contributed by atoms with Gasteiger partial charge in [-0.05, 0) is 69.3 Å². The van der Waals surface area contributed by atoms with Crippen LogP contribution in [0.1, 0.15) is 57.4 Å². The van der Waals surface area contributed by atoms with Crippen LogP contribution in [0.15, 0.2) is 60.7 Å². The van der Waals surface area contributed by atoms with Gasteiger partial charge in [-0.3, -0.25) is 9.69 Å². The fourth-order valence-electron chi connectivity index (χ4n) is 5.40. The minimum atomic E-state index is -1.34. The Morgan fingerprint density at radius 3 is 2.47 bits per heavy atom. The highest BCUT2D eigenvalue weighted by atomic mass is 16.7. The number of unbranched alkanes of at least 4 members (excludes halogenated alkanes) is 1. The van der Waals surface area contributed by atoms with Crippen molar-refractivity contribution in [1.82, 2.24) is 25.5 Å². The molecule has 0 saturated heterocycles. The number of aromatic nitrogens is 4. The molecule has 1 heterocycles. The Labute approximate surface area is 220 Å². The van der Waals surface area contributed by atoms with Crippen LogP contribution in [0.5, 0.6) is 0 Å². The molecular weight excluding hydrogens is 482 g/mol. The summed E-state index contributed by atoms with van der Waals surface area (Å²) in [6.07, 6.45) is 3.38. The van der Waals surface area contributed by atoms with Gasteiger partial charge >= 0.3 is 6.16 Å². The van der Waals surface area contributed by atoms with E-state index in [0.717, 1.165) is 58.7 Å². The number of hydrogen-bond donors (Lipinski definition) is 2. The minimum Gasteiger partial charge on any atom is -0.450 e. The van der Waals surface area contributed by atoms with E-state index in [9.17, 15) is 14.7 Å². The summed E-state index contributed by atoms with van der Waals surface area (Å²) in [6.45, 7) is 2.34. The van der Waals surface area contributed by atoms with E-state index in [1.165, 1.54) is 0 Å². The summed E-state index contributed by atoms with van der Waals surface area (Å²) in [5.74, 6) is 0.539. The monoisotopic (exact) mass is 513 g/mol. The Hall–Kier alpha value is -4.27. The van der Waals surface area contributed by atoms with Gasteiger partial charge in [0.1, 0.15) is 0 Å². The van der Waals surface area contributed by atoms with Crippen molar-refractivity contribution in [3.63, 3.8) is 0 Å². The third kappa shape index (κ3) is 5.22. The normalized spacial score (nSPS) is 14.4. The second-order valence-corrected chi connectivity index (χ2v) is 9.80. The lowest BCUT2D eigenvalue weighted by atomic mass is 9.96. The van der Waals surface area contributed by atoms with Crippen LogP contribution < -0.4 is 0 Å². The van der Waals surface area contributed by atoms with Crippen LogP contribution in [0.25, 0.3) is 33.3 Å². The predicted molar refractivity (Wildman–Crippen MR) is 143 cm³/mol. The minimum absolute atomic E-state index is 0.0658. The first kappa shape index (κ1) is 25.4. The summed E-state index contributed by atoms with van der Waals surface area (Å²) >= 11 is 0. The molecule has 0 spiro atoms. The fourth-order valence-corrected chi connectivity index (χ4v) is 5.40. The molecule has 3 aromatic carbocycles. The molecule has 1 saturated carbocycles.